The van der Waals surface area contributed by atoms with Crippen LogP contribution in [0.1, 0.15) is 44.2 Å². The van der Waals surface area contributed by atoms with Gasteiger partial charge in [0, 0.05) is 40.5 Å². The molecule has 2 N–H and O–H groups in total. The van der Waals surface area contributed by atoms with Gasteiger partial charge >= 0.3 is 0 Å². The number of nitriles is 1. The summed E-state index contributed by atoms with van der Waals surface area (Å²) in [5, 5.41) is 16.9. The molecule has 0 aliphatic carbocycles. The number of pyridine rings is 1. The van der Waals surface area contributed by atoms with E-state index in [0.717, 1.165) is 6.07 Å². The van der Waals surface area contributed by atoms with E-state index in [1.54, 1.807) is 12.1 Å². The lowest BCUT2D eigenvalue weighted by atomic mass is 9.62. The third-order valence-corrected chi connectivity index (χ3v) is 7.47. The summed E-state index contributed by atoms with van der Waals surface area (Å²) < 4.78 is 36.5. The molecule has 1 unspecified atom stereocenters. The zero-order valence-corrected chi connectivity index (χ0v) is 23.4. The Balaban J connectivity index is 1.95. The molecule has 10 heteroatoms. The van der Waals surface area contributed by atoms with E-state index in [1.165, 1.54) is 43.6 Å². The van der Waals surface area contributed by atoms with Crippen molar-refractivity contribution in [1.29, 1.82) is 5.26 Å². The van der Waals surface area contributed by atoms with Gasteiger partial charge in [-0.05, 0) is 41.7 Å². The zero-order chi connectivity index (χ0) is 28.5. The number of ether oxygens (including phenoxy) is 1. The first kappa shape index (κ1) is 28.8. The minimum Gasteiger partial charge on any atom is -0.481 e. The van der Waals surface area contributed by atoms with E-state index < -0.39 is 41.0 Å². The second-order valence-electron chi connectivity index (χ2n) is 10.8. The van der Waals surface area contributed by atoms with Crippen LogP contribution in [-0.4, -0.2) is 30.1 Å². The van der Waals surface area contributed by atoms with E-state index in [1.807, 2.05) is 20.8 Å². The van der Waals surface area contributed by atoms with Crippen molar-refractivity contribution in [2.45, 2.75) is 50.6 Å². The van der Waals surface area contributed by atoms with Gasteiger partial charge in [-0.3, -0.25) is 4.79 Å². The number of anilines is 1. The SMILES string of the molecule is COc1cc(NC(=O)C2N[C@@H](CC(C)(C)C)[C@](C#N)(c3ccc(Cl)cc3F)[C@H]2c2cccc(Cl)c2F)ccn1. The number of amides is 1. The second kappa shape index (κ2) is 11.1. The summed E-state index contributed by atoms with van der Waals surface area (Å²) >= 11 is 12.2. The molecule has 39 heavy (non-hydrogen) atoms. The lowest BCUT2D eigenvalue weighted by Gasteiger charge is -2.37. The summed E-state index contributed by atoms with van der Waals surface area (Å²) in [5.74, 6) is -2.92. The fraction of sp³-hybridized carbons (Fsp3) is 0.345. The van der Waals surface area contributed by atoms with Gasteiger partial charge in [-0.1, -0.05) is 62.2 Å². The van der Waals surface area contributed by atoms with E-state index in [0.29, 0.717) is 12.1 Å². The molecule has 0 saturated carbocycles. The molecule has 6 nitrogen and oxygen atoms in total. The first-order chi connectivity index (χ1) is 18.4. The van der Waals surface area contributed by atoms with Gasteiger partial charge in [0.2, 0.25) is 11.8 Å². The highest BCUT2D eigenvalue weighted by Crippen LogP contribution is 2.52. The summed E-state index contributed by atoms with van der Waals surface area (Å²) in [4.78, 5) is 17.9. The molecule has 4 rings (SSSR count). The largest absolute Gasteiger partial charge is 0.481 e. The molecule has 1 saturated heterocycles. The number of methoxy groups -OCH3 is 1. The van der Waals surface area contributed by atoms with E-state index in [2.05, 4.69) is 21.7 Å². The number of halogens is 4. The van der Waals surface area contributed by atoms with Gasteiger partial charge in [-0.2, -0.15) is 5.26 Å². The minimum atomic E-state index is -1.70. The quantitative estimate of drug-likeness (QED) is 0.346. The Morgan fingerprint density at radius 3 is 2.59 bits per heavy atom. The first-order valence-electron chi connectivity index (χ1n) is 12.3. The van der Waals surface area contributed by atoms with Crippen LogP contribution >= 0.6 is 23.2 Å². The maximum Gasteiger partial charge on any atom is 0.242 e. The molecule has 2 aromatic carbocycles. The predicted octanol–water partition coefficient (Wildman–Crippen LogP) is 6.64. The highest BCUT2D eigenvalue weighted by Gasteiger charge is 2.61. The number of nitrogens with one attached hydrogen (secondary N) is 2. The fourth-order valence-corrected chi connectivity index (χ4v) is 5.72. The first-order valence-corrected chi connectivity index (χ1v) is 13.0. The lowest BCUT2D eigenvalue weighted by molar-refractivity contribution is -0.118. The third-order valence-electron chi connectivity index (χ3n) is 6.94. The van der Waals surface area contributed by atoms with Crippen molar-refractivity contribution in [3.05, 3.63) is 87.5 Å². The molecule has 1 fully saturated rings. The number of benzene rings is 2. The van der Waals surface area contributed by atoms with Crippen molar-refractivity contribution in [2.24, 2.45) is 5.41 Å². The predicted molar refractivity (Wildman–Crippen MR) is 147 cm³/mol. The minimum absolute atomic E-state index is 0.0152. The normalized spacial score (nSPS) is 22.8. The van der Waals surface area contributed by atoms with Crippen molar-refractivity contribution in [2.75, 3.05) is 12.4 Å². The zero-order valence-electron chi connectivity index (χ0n) is 21.9. The van der Waals surface area contributed by atoms with E-state index in [9.17, 15) is 10.1 Å². The molecule has 204 valence electrons. The monoisotopic (exact) mass is 572 g/mol. The molecule has 3 aromatic rings. The van der Waals surface area contributed by atoms with Crippen LogP contribution in [0.25, 0.3) is 0 Å². The fourth-order valence-electron chi connectivity index (χ4n) is 5.38. The number of hydrogen-bond acceptors (Lipinski definition) is 5. The number of rotatable bonds is 6. The van der Waals surface area contributed by atoms with E-state index in [-0.39, 0.29) is 32.5 Å². The van der Waals surface area contributed by atoms with Gasteiger partial charge in [0.05, 0.1) is 24.2 Å². The van der Waals surface area contributed by atoms with Crippen LogP contribution in [-0.2, 0) is 10.2 Å². The van der Waals surface area contributed by atoms with Gasteiger partial charge in [0.15, 0.2) is 0 Å². The van der Waals surface area contributed by atoms with Gasteiger partial charge in [-0.25, -0.2) is 13.8 Å². The molecule has 0 radical (unpaired) electrons. The molecular weight excluding hydrogens is 545 g/mol. The van der Waals surface area contributed by atoms with Crippen molar-refractivity contribution < 1.29 is 18.3 Å². The van der Waals surface area contributed by atoms with Gasteiger partial charge in [0.1, 0.15) is 17.0 Å². The standard InChI is InChI=1S/C29H28Cl2F2N4O2/c1-28(2,3)14-22-29(15-34,19-9-8-16(30)12-21(19)32)24(18-6-5-7-20(31)25(18)33)26(37-22)27(38)36-17-10-11-35-23(13-17)39-4/h5-13,22,24,26,37H,14H2,1-4H3,(H,35,36,38)/t22-,24-,26?,29-/m0/s1. The van der Waals surface area contributed by atoms with Crippen LogP contribution < -0.4 is 15.4 Å². The second-order valence-corrected chi connectivity index (χ2v) is 11.6. The summed E-state index contributed by atoms with van der Waals surface area (Å²) in [6.45, 7) is 5.92. The van der Waals surface area contributed by atoms with Gasteiger partial charge in [0.25, 0.3) is 0 Å². The Morgan fingerprint density at radius 1 is 1.21 bits per heavy atom. The molecule has 0 bridgehead atoms. The number of aromatic nitrogens is 1. The van der Waals surface area contributed by atoms with Crippen LogP contribution in [0, 0.1) is 28.4 Å². The van der Waals surface area contributed by atoms with E-state index in [4.69, 9.17) is 27.9 Å². The van der Waals surface area contributed by atoms with Crippen molar-refractivity contribution in [1.82, 2.24) is 10.3 Å². The van der Waals surface area contributed by atoms with Crippen molar-refractivity contribution in [3.63, 3.8) is 0 Å². The number of carbonyl (C=O) groups excluding carboxylic acids is 1. The van der Waals surface area contributed by atoms with Crippen LogP contribution in [0.2, 0.25) is 10.0 Å². The number of carbonyl (C=O) groups is 1. The van der Waals surface area contributed by atoms with Crippen LogP contribution in [0.3, 0.4) is 0 Å². The molecule has 4 atom stereocenters. The Labute approximate surface area is 236 Å². The number of hydrogen-bond donors (Lipinski definition) is 2. The Morgan fingerprint density at radius 2 is 1.95 bits per heavy atom. The average Bonchev–Trinajstić information content (AvgIpc) is 3.18. The molecule has 2 heterocycles. The highest BCUT2D eigenvalue weighted by atomic mass is 35.5. The Hall–Kier alpha value is -3.25. The summed E-state index contributed by atoms with van der Waals surface area (Å²) in [5.41, 5.74) is -1.62. The Kier molecular flexibility index (Phi) is 8.17. The van der Waals surface area contributed by atoms with Gasteiger partial charge < -0.3 is 15.4 Å². The summed E-state index contributed by atoms with van der Waals surface area (Å²) in [7, 11) is 1.45. The highest BCUT2D eigenvalue weighted by molar-refractivity contribution is 6.31. The maximum absolute atomic E-state index is 15.7. The topological polar surface area (TPSA) is 87.0 Å². The third kappa shape index (κ3) is 5.58. The van der Waals surface area contributed by atoms with Crippen LogP contribution in [0.5, 0.6) is 5.88 Å². The molecule has 1 amide bonds. The molecule has 1 aliphatic rings. The number of nitrogens with zero attached hydrogens (tertiary/aromatic N) is 2. The Bertz CT molecular complexity index is 1440. The molecule has 1 aliphatic heterocycles. The van der Waals surface area contributed by atoms with Crippen molar-refractivity contribution >= 4 is 34.8 Å². The molecular formula is C29H28Cl2F2N4O2. The summed E-state index contributed by atoms with van der Waals surface area (Å²) in [6, 6.07) is 12.0. The smallest absolute Gasteiger partial charge is 0.242 e. The molecule has 1 aromatic heterocycles. The molecule has 0 spiro atoms. The van der Waals surface area contributed by atoms with E-state index >= 15 is 8.78 Å². The maximum atomic E-state index is 15.7. The van der Waals surface area contributed by atoms with Crippen LogP contribution in [0.4, 0.5) is 14.5 Å². The average molecular weight is 573 g/mol. The van der Waals surface area contributed by atoms with Crippen molar-refractivity contribution in [3.8, 4) is 11.9 Å². The summed E-state index contributed by atoms with van der Waals surface area (Å²) in [6.07, 6.45) is 1.84. The van der Waals surface area contributed by atoms with Crippen LogP contribution in [0.15, 0.2) is 54.7 Å². The lowest BCUT2D eigenvalue weighted by Crippen LogP contribution is -2.45. The van der Waals surface area contributed by atoms with Gasteiger partial charge in [-0.15, -0.1) is 0 Å².